The number of halogens is 2. The lowest BCUT2D eigenvalue weighted by Crippen LogP contribution is -2.01. The van der Waals surface area contributed by atoms with Crippen LogP contribution in [-0.2, 0) is 0 Å². The third kappa shape index (κ3) is 2.29. The Morgan fingerprint density at radius 2 is 1.90 bits per heavy atom. The van der Waals surface area contributed by atoms with Crippen LogP contribution in [0.15, 0.2) is 36.4 Å². The summed E-state index contributed by atoms with van der Waals surface area (Å²) >= 11 is 0. The molecule has 0 bridgehead atoms. The van der Waals surface area contributed by atoms with Crippen molar-refractivity contribution < 1.29 is 13.5 Å². The molecular formula is C15H13F2N3O. The van der Waals surface area contributed by atoms with Crippen molar-refractivity contribution in [1.82, 2.24) is 9.55 Å². The lowest BCUT2D eigenvalue weighted by Gasteiger charge is -2.08. The number of fused-ring (bicyclic) bond motifs is 1. The summed E-state index contributed by atoms with van der Waals surface area (Å²) < 4.78 is 34.0. The summed E-state index contributed by atoms with van der Waals surface area (Å²) in [5.41, 5.74) is 6.82. The average Bonchev–Trinajstić information content (AvgIpc) is 2.77. The fourth-order valence-electron chi connectivity index (χ4n) is 2.25. The Morgan fingerprint density at radius 1 is 1.19 bits per heavy atom. The van der Waals surface area contributed by atoms with Crippen LogP contribution in [0.25, 0.3) is 16.7 Å². The minimum atomic E-state index is -0.735. The Kier molecular flexibility index (Phi) is 3.21. The van der Waals surface area contributed by atoms with E-state index in [4.69, 9.17) is 10.5 Å². The van der Waals surface area contributed by atoms with Crippen molar-refractivity contribution in [2.24, 2.45) is 0 Å². The van der Waals surface area contributed by atoms with Gasteiger partial charge in [0.15, 0.2) is 5.82 Å². The average molecular weight is 289 g/mol. The molecule has 0 radical (unpaired) electrons. The van der Waals surface area contributed by atoms with E-state index in [1.807, 2.05) is 6.92 Å². The maximum absolute atomic E-state index is 13.7. The van der Waals surface area contributed by atoms with Gasteiger partial charge in [-0.05, 0) is 31.2 Å². The lowest BCUT2D eigenvalue weighted by molar-refractivity contribution is 0.340. The van der Waals surface area contributed by atoms with Gasteiger partial charge in [0.25, 0.3) is 0 Å². The Labute approximate surface area is 119 Å². The Bertz CT molecular complexity index is 797. The summed E-state index contributed by atoms with van der Waals surface area (Å²) in [7, 11) is 0. The standard InChI is InChI=1S/C15H13F2N3O/c1-2-21-11-5-3-10(4-6-11)20-13-8-9(16)7-12(17)14(13)19-15(20)18/h3-8H,2H2,1H3,(H2,18,19). The fraction of sp³-hybridized carbons (Fsp3) is 0.133. The van der Waals surface area contributed by atoms with Crippen LogP contribution < -0.4 is 10.5 Å². The molecule has 108 valence electrons. The number of ether oxygens (including phenoxy) is 1. The van der Waals surface area contributed by atoms with E-state index in [0.717, 1.165) is 6.07 Å². The van der Waals surface area contributed by atoms with E-state index < -0.39 is 11.6 Å². The monoisotopic (exact) mass is 289 g/mol. The van der Waals surface area contributed by atoms with Crippen molar-refractivity contribution >= 4 is 17.0 Å². The number of anilines is 1. The van der Waals surface area contributed by atoms with E-state index in [-0.39, 0.29) is 17.0 Å². The molecular weight excluding hydrogens is 276 g/mol. The number of rotatable bonds is 3. The van der Waals surface area contributed by atoms with Gasteiger partial charge in [0, 0.05) is 17.8 Å². The van der Waals surface area contributed by atoms with Crippen LogP contribution in [0, 0.1) is 11.6 Å². The van der Waals surface area contributed by atoms with E-state index in [1.54, 1.807) is 24.3 Å². The number of aromatic nitrogens is 2. The topological polar surface area (TPSA) is 53.1 Å². The van der Waals surface area contributed by atoms with E-state index in [2.05, 4.69) is 4.98 Å². The van der Waals surface area contributed by atoms with Gasteiger partial charge in [0.2, 0.25) is 5.95 Å². The van der Waals surface area contributed by atoms with E-state index in [0.29, 0.717) is 18.0 Å². The lowest BCUT2D eigenvalue weighted by atomic mass is 10.2. The van der Waals surface area contributed by atoms with Crippen LogP contribution in [0.4, 0.5) is 14.7 Å². The first-order valence-corrected chi connectivity index (χ1v) is 6.46. The smallest absolute Gasteiger partial charge is 0.206 e. The molecule has 3 rings (SSSR count). The summed E-state index contributed by atoms with van der Waals surface area (Å²) in [5, 5.41) is 0. The minimum absolute atomic E-state index is 0.0442. The first-order valence-electron chi connectivity index (χ1n) is 6.46. The molecule has 0 amide bonds. The highest BCUT2D eigenvalue weighted by molar-refractivity contribution is 5.81. The predicted molar refractivity (Wildman–Crippen MR) is 76.6 cm³/mol. The third-order valence-corrected chi connectivity index (χ3v) is 3.11. The molecule has 0 spiro atoms. The van der Waals surface area contributed by atoms with Crippen molar-refractivity contribution in [2.75, 3.05) is 12.3 Å². The predicted octanol–water partition coefficient (Wildman–Crippen LogP) is 3.28. The molecule has 21 heavy (non-hydrogen) atoms. The number of hydrogen-bond donors (Lipinski definition) is 1. The molecule has 4 nitrogen and oxygen atoms in total. The van der Waals surface area contributed by atoms with Crippen molar-refractivity contribution in [3.63, 3.8) is 0 Å². The van der Waals surface area contributed by atoms with Gasteiger partial charge in [-0.15, -0.1) is 0 Å². The number of nitrogens with zero attached hydrogens (tertiary/aromatic N) is 2. The molecule has 0 atom stereocenters. The summed E-state index contributed by atoms with van der Waals surface area (Å²) in [6.07, 6.45) is 0. The molecule has 0 aliphatic carbocycles. The molecule has 0 aliphatic heterocycles. The van der Waals surface area contributed by atoms with Gasteiger partial charge in [-0.25, -0.2) is 13.8 Å². The Morgan fingerprint density at radius 3 is 2.57 bits per heavy atom. The highest BCUT2D eigenvalue weighted by atomic mass is 19.1. The normalized spacial score (nSPS) is 11.0. The maximum atomic E-state index is 13.7. The van der Waals surface area contributed by atoms with Gasteiger partial charge in [0.1, 0.15) is 17.1 Å². The van der Waals surface area contributed by atoms with Gasteiger partial charge in [-0.1, -0.05) is 0 Å². The largest absolute Gasteiger partial charge is 0.494 e. The van der Waals surface area contributed by atoms with E-state index in [1.165, 1.54) is 10.6 Å². The zero-order valence-electron chi connectivity index (χ0n) is 11.3. The van der Waals surface area contributed by atoms with Gasteiger partial charge in [-0.2, -0.15) is 0 Å². The molecule has 0 fully saturated rings. The summed E-state index contributed by atoms with van der Waals surface area (Å²) in [4.78, 5) is 3.96. The molecule has 0 aliphatic rings. The minimum Gasteiger partial charge on any atom is -0.494 e. The Hall–Kier alpha value is -2.63. The van der Waals surface area contributed by atoms with Crippen LogP contribution >= 0.6 is 0 Å². The SMILES string of the molecule is CCOc1ccc(-n2c(N)nc3c(F)cc(F)cc32)cc1. The molecule has 0 saturated heterocycles. The Balaban J connectivity index is 2.17. The van der Waals surface area contributed by atoms with Crippen molar-refractivity contribution in [2.45, 2.75) is 6.92 Å². The maximum Gasteiger partial charge on any atom is 0.206 e. The first kappa shape index (κ1) is 13.4. The number of imidazole rings is 1. The highest BCUT2D eigenvalue weighted by Gasteiger charge is 2.15. The van der Waals surface area contributed by atoms with Crippen molar-refractivity contribution in [1.29, 1.82) is 0 Å². The molecule has 0 saturated carbocycles. The van der Waals surface area contributed by atoms with Crippen LogP contribution in [-0.4, -0.2) is 16.2 Å². The molecule has 2 aromatic carbocycles. The number of hydrogen-bond acceptors (Lipinski definition) is 3. The van der Waals surface area contributed by atoms with Gasteiger partial charge >= 0.3 is 0 Å². The van der Waals surface area contributed by atoms with Gasteiger partial charge in [-0.3, -0.25) is 4.57 Å². The second-order valence-corrected chi connectivity index (χ2v) is 4.49. The van der Waals surface area contributed by atoms with Gasteiger partial charge < -0.3 is 10.5 Å². The first-order chi connectivity index (χ1) is 10.1. The van der Waals surface area contributed by atoms with Crippen LogP contribution in [0.1, 0.15) is 6.92 Å². The molecule has 1 heterocycles. The number of nitrogens with two attached hydrogens (primary N) is 1. The quantitative estimate of drug-likeness (QED) is 0.805. The molecule has 1 aromatic heterocycles. The van der Waals surface area contributed by atoms with Crippen molar-refractivity contribution in [3.05, 3.63) is 48.0 Å². The van der Waals surface area contributed by atoms with Crippen LogP contribution in [0.5, 0.6) is 5.75 Å². The van der Waals surface area contributed by atoms with E-state index >= 15 is 0 Å². The summed E-state index contributed by atoms with van der Waals surface area (Å²) in [5.74, 6) is -0.603. The zero-order valence-corrected chi connectivity index (χ0v) is 11.3. The molecule has 2 N–H and O–H groups in total. The van der Waals surface area contributed by atoms with Crippen LogP contribution in [0.2, 0.25) is 0 Å². The number of nitrogen functional groups attached to an aromatic ring is 1. The van der Waals surface area contributed by atoms with Crippen LogP contribution in [0.3, 0.4) is 0 Å². The molecule has 3 aromatic rings. The van der Waals surface area contributed by atoms with E-state index in [9.17, 15) is 8.78 Å². The summed E-state index contributed by atoms with van der Waals surface area (Å²) in [6.45, 7) is 2.45. The molecule has 6 heteroatoms. The fourth-order valence-corrected chi connectivity index (χ4v) is 2.25. The molecule has 0 unspecified atom stereocenters. The second-order valence-electron chi connectivity index (χ2n) is 4.49. The third-order valence-electron chi connectivity index (χ3n) is 3.11. The van der Waals surface area contributed by atoms with Crippen molar-refractivity contribution in [3.8, 4) is 11.4 Å². The summed E-state index contributed by atoms with van der Waals surface area (Å²) in [6, 6.07) is 9.03. The van der Waals surface area contributed by atoms with Gasteiger partial charge in [0.05, 0.1) is 12.1 Å². The zero-order chi connectivity index (χ0) is 15.0. The second kappa shape index (κ2) is 5.05. The number of benzene rings is 2. The highest BCUT2D eigenvalue weighted by Crippen LogP contribution is 2.26.